The van der Waals surface area contributed by atoms with Gasteiger partial charge in [0, 0.05) is 88.8 Å². The Hall–Kier alpha value is -6.88. The summed E-state index contributed by atoms with van der Waals surface area (Å²) in [7, 11) is 1.62. The highest BCUT2D eigenvalue weighted by atomic mass is 35.5. The van der Waals surface area contributed by atoms with Crippen LogP contribution in [0.4, 0.5) is 21.8 Å². The molecule has 320 valence electrons. The number of anilines is 3. The first-order valence-electron chi connectivity index (χ1n) is 20.4. The van der Waals surface area contributed by atoms with E-state index in [0.29, 0.717) is 65.8 Å². The quantitative estimate of drug-likeness (QED) is 0.126. The zero-order valence-electron chi connectivity index (χ0n) is 34.0. The average Bonchev–Trinajstić information content (AvgIpc) is 3.52. The van der Waals surface area contributed by atoms with E-state index < -0.39 is 35.5 Å². The van der Waals surface area contributed by atoms with E-state index in [1.54, 1.807) is 36.2 Å². The summed E-state index contributed by atoms with van der Waals surface area (Å²) in [5.41, 5.74) is 1.07. The number of benzene rings is 4. The Bertz CT molecular complexity index is 2690. The molecule has 1 unspecified atom stereocenters. The Morgan fingerprint density at radius 1 is 0.919 bits per heavy atom. The summed E-state index contributed by atoms with van der Waals surface area (Å²) in [6, 6.07) is 15.6. The maximum atomic E-state index is 17.0. The molecule has 3 aliphatic rings. The van der Waals surface area contributed by atoms with Crippen molar-refractivity contribution < 1.29 is 38.3 Å². The van der Waals surface area contributed by atoms with Gasteiger partial charge >= 0.3 is 0 Å². The minimum atomic E-state index is -1.09. The third-order valence-electron chi connectivity index (χ3n) is 11.5. The Labute approximate surface area is 360 Å². The molecule has 0 aliphatic carbocycles. The van der Waals surface area contributed by atoms with Crippen molar-refractivity contribution in [3.63, 3.8) is 0 Å². The van der Waals surface area contributed by atoms with Crippen LogP contribution in [0.3, 0.4) is 0 Å². The third-order valence-corrected chi connectivity index (χ3v) is 11.8. The summed E-state index contributed by atoms with van der Waals surface area (Å²) in [4.78, 5) is 92.1. The van der Waals surface area contributed by atoms with Gasteiger partial charge in [-0.1, -0.05) is 48.9 Å². The van der Waals surface area contributed by atoms with E-state index in [1.165, 1.54) is 17.0 Å². The number of piperazine rings is 1. The van der Waals surface area contributed by atoms with Crippen molar-refractivity contribution >= 4 is 86.2 Å². The zero-order chi connectivity index (χ0) is 43.8. The predicted molar refractivity (Wildman–Crippen MR) is 231 cm³/mol. The van der Waals surface area contributed by atoms with Crippen molar-refractivity contribution in [2.45, 2.75) is 38.6 Å². The summed E-state index contributed by atoms with van der Waals surface area (Å²) in [6.07, 6.45) is 0.450. The van der Waals surface area contributed by atoms with Gasteiger partial charge in [0.2, 0.25) is 29.6 Å². The summed E-state index contributed by atoms with van der Waals surface area (Å²) in [5.74, 6) is -2.89. The predicted octanol–water partition coefficient (Wildman–Crippen LogP) is 4.78. The Morgan fingerprint density at radius 2 is 1.69 bits per heavy atom. The van der Waals surface area contributed by atoms with Crippen LogP contribution in [-0.2, 0) is 19.2 Å². The lowest BCUT2D eigenvalue weighted by Crippen LogP contribution is -2.54. The van der Waals surface area contributed by atoms with Crippen molar-refractivity contribution in [3.8, 4) is 16.9 Å². The van der Waals surface area contributed by atoms with Gasteiger partial charge in [0.15, 0.2) is 5.82 Å². The number of halogens is 2. The van der Waals surface area contributed by atoms with Gasteiger partial charge in [-0.3, -0.25) is 39.0 Å². The lowest BCUT2D eigenvalue weighted by molar-refractivity contribution is -0.136. The van der Waals surface area contributed by atoms with E-state index in [4.69, 9.17) is 16.6 Å². The summed E-state index contributed by atoms with van der Waals surface area (Å²) < 4.78 is 17.0. The molecule has 2 fully saturated rings. The number of likely N-dealkylation sites (N-methyl/N-ethyl adjacent to an activating group) is 1. The number of carbonyl (C=O) groups is 6. The second-order valence-electron chi connectivity index (χ2n) is 15.3. The zero-order valence-corrected chi connectivity index (χ0v) is 34.7. The summed E-state index contributed by atoms with van der Waals surface area (Å²) in [6.45, 7) is 4.11. The van der Waals surface area contributed by atoms with E-state index in [2.05, 4.69) is 20.9 Å². The van der Waals surface area contributed by atoms with Crippen LogP contribution in [0.15, 0.2) is 60.7 Å². The molecule has 62 heavy (non-hydrogen) atoms. The molecule has 2 saturated heterocycles. The minimum Gasteiger partial charge on any atom is -0.508 e. The topological polar surface area (TPSA) is 197 Å². The molecule has 4 aromatic carbocycles. The Morgan fingerprint density at radius 3 is 2.45 bits per heavy atom. The number of imide groups is 2. The molecule has 3 aliphatic heterocycles. The third kappa shape index (κ3) is 7.90. The lowest BCUT2D eigenvalue weighted by Gasteiger charge is -2.36. The molecule has 1 atom stereocenters. The first kappa shape index (κ1) is 41.8. The number of aromatic nitrogens is 2. The number of hydrogen-bond donors (Lipinski definition) is 4. The number of aromatic hydroxyl groups is 1. The maximum Gasteiger partial charge on any atom is 0.264 e. The molecule has 6 amide bonds. The van der Waals surface area contributed by atoms with Crippen LogP contribution in [0, 0.1) is 5.82 Å². The SMILES string of the molecule is CCC(=O)N1CCN(c2nc(NCCC(=O)N(C)CCNc3cccc4c3C(=O)N(C3CCC(=O)NC3=O)C4=O)nc3c(F)c(-c4cc(O)cc5ccccc45)c(Cl)cc23)CC1. The fourth-order valence-electron chi connectivity index (χ4n) is 8.26. The van der Waals surface area contributed by atoms with Crippen molar-refractivity contribution in [1.29, 1.82) is 0 Å². The van der Waals surface area contributed by atoms with Crippen LogP contribution in [0.2, 0.25) is 5.02 Å². The van der Waals surface area contributed by atoms with E-state index in [9.17, 15) is 33.9 Å². The van der Waals surface area contributed by atoms with E-state index in [-0.39, 0.29) is 89.6 Å². The highest BCUT2D eigenvalue weighted by Gasteiger charge is 2.45. The minimum absolute atomic E-state index is 0.00991. The molecule has 0 bridgehead atoms. The smallest absolute Gasteiger partial charge is 0.264 e. The number of nitrogens with zero attached hydrogens (tertiary/aromatic N) is 6. The number of piperidine rings is 1. The maximum absolute atomic E-state index is 17.0. The Balaban J connectivity index is 0.973. The highest BCUT2D eigenvalue weighted by Crippen LogP contribution is 2.42. The first-order chi connectivity index (χ1) is 29.8. The Kier molecular flexibility index (Phi) is 11.6. The molecule has 4 heterocycles. The number of amides is 6. The normalized spacial score (nSPS) is 16.5. The van der Waals surface area contributed by atoms with E-state index in [0.717, 1.165) is 4.90 Å². The van der Waals surface area contributed by atoms with Gasteiger partial charge in [0.1, 0.15) is 23.1 Å². The second-order valence-corrected chi connectivity index (χ2v) is 15.8. The van der Waals surface area contributed by atoms with Crippen molar-refractivity contribution in [2.24, 2.45) is 0 Å². The van der Waals surface area contributed by atoms with Gasteiger partial charge in [0.25, 0.3) is 11.8 Å². The number of carbonyl (C=O) groups excluding carboxylic acids is 6. The van der Waals surface area contributed by atoms with Gasteiger partial charge < -0.3 is 30.4 Å². The van der Waals surface area contributed by atoms with Crippen molar-refractivity contribution in [3.05, 3.63) is 82.6 Å². The molecule has 18 heteroatoms. The van der Waals surface area contributed by atoms with Gasteiger partial charge in [-0.2, -0.15) is 4.98 Å². The van der Waals surface area contributed by atoms with Gasteiger partial charge in [0.05, 0.1) is 16.1 Å². The molecule has 16 nitrogen and oxygen atoms in total. The van der Waals surface area contributed by atoms with Crippen LogP contribution < -0.4 is 20.9 Å². The second kappa shape index (κ2) is 17.2. The number of hydrogen-bond acceptors (Lipinski definition) is 12. The van der Waals surface area contributed by atoms with E-state index >= 15 is 4.39 Å². The van der Waals surface area contributed by atoms with Crippen molar-refractivity contribution in [2.75, 3.05) is 68.4 Å². The first-order valence-corrected chi connectivity index (χ1v) is 20.7. The number of rotatable bonds is 12. The van der Waals surface area contributed by atoms with Crippen molar-refractivity contribution in [1.82, 2.24) is 30.0 Å². The molecule has 0 radical (unpaired) electrons. The number of phenolic OH excluding ortho intramolecular Hbond substituents is 1. The van der Waals surface area contributed by atoms with Gasteiger partial charge in [-0.25, -0.2) is 9.37 Å². The number of phenols is 1. The van der Waals surface area contributed by atoms with Crippen LogP contribution in [0.1, 0.15) is 53.3 Å². The summed E-state index contributed by atoms with van der Waals surface area (Å²) in [5, 5.41) is 20.9. The molecule has 5 aromatic rings. The fraction of sp³-hybridized carbons (Fsp3) is 0.318. The fourth-order valence-corrected chi connectivity index (χ4v) is 8.55. The number of fused-ring (bicyclic) bond motifs is 3. The molecule has 0 spiro atoms. The van der Waals surface area contributed by atoms with Crippen LogP contribution >= 0.6 is 11.6 Å². The monoisotopic (exact) mass is 863 g/mol. The average molecular weight is 864 g/mol. The molecule has 4 N–H and O–H groups in total. The van der Waals surface area contributed by atoms with Crippen LogP contribution in [-0.4, -0.2) is 124 Å². The highest BCUT2D eigenvalue weighted by molar-refractivity contribution is 6.35. The van der Waals surface area contributed by atoms with Gasteiger partial charge in [-0.15, -0.1) is 0 Å². The van der Waals surface area contributed by atoms with Crippen LogP contribution in [0.25, 0.3) is 32.8 Å². The number of nitrogens with one attached hydrogen (secondary N) is 3. The van der Waals surface area contributed by atoms with Gasteiger partial charge in [-0.05, 0) is 53.1 Å². The standard InChI is InChI=1S/C44H43ClFN9O7/c1-3-34(58)53-17-19-54(20-18-53)40-29-23-30(45)36(28-22-25(56)21-24-7-4-5-8-26(24)28)38(46)39(29)50-44(51-40)48-14-13-35(59)52(2)16-15-47-31-10-6-9-27-37(31)43(62)55(42(27)61)32-11-12-33(57)49-41(32)60/h4-10,21-23,32,47,56H,3,11-20H2,1-2H3,(H,48,50,51)(H,49,57,60). The molecule has 1 aromatic heterocycles. The molecular formula is C44H43ClFN9O7. The largest absolute Gasteiger partial charge is 0.508 e. The lowest BCUT2D eigenvalue weighted by atomic mass is 9.96. The van der Waals surface area contributed by atoms with Crippen LogP contribution in [0.5, 0.6) is 5.75 Å². The molecular weight excluding hydrogens is 821 g/mol. The van der Waals surface area contributed by atoms with E-state index in [1.807, 2.05) is 36.1 Å². The summed E-state index contributed by atoms with van der Waals surface area (Å²) >= 11 is 6.87. The molecule has 0 saturated carbocycles. The molecule has 8 rings (SSSR count).